The van der Waals surface area contributed by atoms with E-state index in [1.54, 1.807) is 12.1 Å². The zero-order chi connectivity index (χ0) is 11.7. The van der Waals surface area contributed by atoms with Crippen molar-refractivity contribution in [2.45, 2.75) is 26.5 Å². The maximum Gasteiger partial charge on any atom is 0.116 e. The first-order chi connectivity index (χ1) is 7.63. The van der Waals surface area contributed by atoms with Crippen LogP contribution in [-0.2, 0) is 11.4 Å². The minimum atomic E-state index is 0.272. The zero-order valence-corrected chi connectivity index (χ0v) is 9.47. The molecule has 0 aliphatic carbocycles. The molecule has 1 aromatic heterocycles. The molecule has 3 N–H and O–H groups in total. The molecular weight excluding hydrogens is 204 g/mol. The van der Waals surface area contributed by atoms with Gasteiger partial charge in [-0.05, 0) is 38.1 Å². The summed E-state index contributed by atoms with van der Waals surface area (Å²) in [4.78, 5) is 4.70. The van der Waals surface area contributed by atoms with Gasteiger partial charge in [0.25, 0.3) is 0 Å². The van der Waals surface area contributed by atoms with E-state index in [1.165, 1.54) is 0 Å². The molecule has 4 heteroatoms. The Morgan fingerprint density at radius 1 is 1.38 bits per heavy atom. The van der Waals surface area contributed by atoms with E-state index in [4.69, 9.17) is 10.7 Å². The number of phenolic OH excluding ortho intramolecular Hbond substituents is 1. The van der Waals surface area contributed by atoms with Gasteiger partial charge in [-0.15, -0.1) is 0 Å². The monoisotopic (exact) mass is 220 g/mol. The summed E-state index contributed by atoms with van der Waals surface area (Å²) in [6, 6.07) is 7.65. The molecule has 0 fully saturated rings. The maximum atomic E-state index is 9.43. The molecule has 2 rings (SSSR count). The summed E-state index contributed by atoms with van der Waals surface area (Å²) in [6.07, 6.45) is 0. The largest absolute Gasteiger partial charge is 0.508 e. The maximum absolute atomic E-state index is 9.43. The van der Waals surface area contributed by atoms with Gasteiger partial charge in [-0.1, -0.05) is 0 Å². The zero-order valence-electron chi connectivity index (χ0n) is 9.47. The lowest BCUT2D eigenvalue weighted by molar-refractivity contribution is 0.118. The Balaban J connectivity index is 2.65. The first kappa shape index (κ1) is 11.0. The third kappa shape index (κ3) is 1.77. The second kappa shape index (κ2) is 4.15. The number of fused-ring (bicyclic) bond motifs is 1. The molecule has 2 aromatic rings. The van der Waals surface area contributed by atoms with Crippen LogP contribution in [0.2, 0.25) is 0 Å². The smallest absolute Gasteiger partial charge is 0.116 e. The van der Waals surface area contributed by atoms with Gasteiger partial charge in [0.05, 0.1) is 0 Å². The van der Waals surface area contributed by atoms with Crippen LogP contribution in [0, 0.1) is 0 Å². The Morgan fingerprint density at radius 3 is 2.75 bits per heavy atom. The molecule has 0 bridgehead atoms. The van der Waals surface area contributed by atoms with E-state index in [0.717, 1.165) is 16.6 Å². The molecule has 16 heavy (non-hydrogen) atoms. The summed E-state index contributed by atoms with van der Waals surface area (Å²) in [5, 5.41) is 10.4. The predicted octanol–water partition coefficient (Wildman–Crippen LogP) is 2.32. The molecular formula is C12H16N2O2. The molecule has 0 radical (unpaired) electrons. The molecule has 1 aromatic carbocycles. The Morgan fingerprint density at radius 2 is 2.12 bits per heavy atom. The third-order valence-corrected chi connectivity index (χ3v) is 2.65. The van der Waals surface area contributed by atoms with Gasteiger partial charge in [-0.2, -0.15) is 0 Å². The highest BCUT2D eigenvalue weighted by Gasteiger charge is 2.11. The van der Waals surface area contributed by atoms with Gasteiger partial charge in [0.15, 0.2) is 0 Å². The van der Waals surface area contributed by atoms with Crippen molar-refractivity contribution in [3.63, 3.8) is 0 Å². The van der Waals surface area contributed by atoms with Crippen LogP contribution < -0.4 is 5.90 Å². The van der Waals surface area contributed by atoms with Crippen LogP contribution >= 0.6 is 0 Å². The molecule has 0 aliphatic heterocycles. The fraction of sp³-hybridized carbons (Fsp3) is 0.333. The molecule has 0 atom stereocenters. The number of aromatic nitrogens is 1. The highest BCUT2D eigenvalue weighted by atomic mass is 16.6. The first-order valence-electron chi connectivity index (χ1n) is 5.28. The standard InChI is InChI=1S/C12H16N2O2/c1-8(2)14-10(7-16-13)5-9-6-11(15)3-4-12(9)14/h3-6,8,15H,7,13H2,1-2H3. The van der Waals surface area contributed by atoms with Crippen molar-refractivity contribution in [3.8, 4) is 5.75 Å². The summed E-state index contributed by atoms with van der Waals surface area (Å²) < 4.78 is 2.15. The summed E-state index contributed by atoms with van der Waals surface area (Å²) >= 11 is 0. The quantitative estimate of drug-likeness (QED) is 0.780. The lowest BCUT2D eigenvalue weighted by Gasteiger charge is -2.13. The van der Waals surface area contributed by atoms with E-state index in [9.17, 15) is 5.11 Å². The van der Waals surface area contributed by atoms with Crippen molar-refractivity contribution < 1.29 is 9.94 Å². The number of nitrogens with zero attached hydrogens (tertiary/aromatic N) is 1. The van der Waals surface area contributed by atoms with E-state index < -0.39 is 0 Å². The minimum absolute atomic E-state index is 0.272. The summed E-state index contributed by atoms with van der Waals surface area (Å²) in [5.41, 5.74) is 2.10. The van der Waals surface area contributed by atoms with E-state index in [0.29, 0.717) is 12.6 Å². The molecule has 0 unspecified atom stereocenters. The Labute approximate surface area is 94.2 Å². The summed E-state index contributed by atoms with van der Waals surface area (Å²) in [5.74, 6) is 5.39. The molecule has 0 aliphatic rings. The average Bonchev–Trinajstić information content (AvgIpc) is 2.55. The molecule has 0 saturated carbocycles. The van der Waals surface area contributed by atoms with Crippen LogP contribution in [0.1, 0.15) is 25.6 Å². The topological polar surface area (TPSA) is 60.4 Å². The Bertz CT molecular complexity index is 503. The molecule has 0 amide bonds. The van der Waals surface area contributed by atoms with Crippen LogP contribution in [-0.4, -0.2) is 9.67 Å². The predicted molar refractivity (Wildman–Crippen MR) is 63.0 cm³/mol. The fourth-order valence-corrected chi connectivity index (χ4v) is 2.09. The van der Waals surface area contributed by atoms with Crippen LogP contribution in [0.4, 0.5) is 0 Å². The molecule has 4 nitrogen and oxygen atoms in total. The lowest BCUT2D eigenvalue weighted by atomic mass is 10.2. The van der Waals surface area contributed by atoms with Crippen molar-refractivity contribution in [2.75, 3.05) is 0 Å². The second-order valence-electron chi connectivity index (χ2n) is 4.15. The second-order valence-corrected chi connectivity index (χ2v) is 4.15. The van der Waals surface area contributed by atoms with Gasteiger partial charge >= 0.3 is 0 Å². The van der Waals surface area contributed by atoms with E-state index >= 15 is 0 Å². The van der Waals surface area contributed by atoms with Crippen molar-refractivity contribution in [3.05, 3.63) is 30.0 Å². The van der Waals surface area contributed by atoms with Crippen LogP contribution in [0.5, 0.6) is 5.75 Å². The number of phenols is 1. The van der Waals surface area contributed by atoms with Gasteiger partial charge < -0.3 is 9.67 Å². The lowest BCUT2D eigenvalue weighted by Crippen LogP contribution is -2.08. The van der Waals surface area contributed by atoms with Gasteiger partial charge in [0, 0.05) is 22.6 Å². The summed E-state index contributed by atoms with van der Waals surface area (Å²) in [6.45, 7) is 4.58. The van der Waals surface area contributed by atoms with Gasteiger partial charge in [-0.3, -0.25) is 4.84 Å². The summed E-state index contributed by atoms with van der Waals surface area (Å²) in [7, 11) is 0. The number of nitrogens with two attached hydrogens (primary N) is 1. The number of benzene rings is 1. The third-order valence-electron chi connectivity index (χ3n) is 2.65. The van der Waals surface area contributed by atoms with Crippen LogP contribution in [0.25, 0.3) is 10.9 Å². The number of hydrogen-bond acceptors (Lipinski definition) is 3. The van der Waals surface area contributed by atoms with E-state index in [1.807, 2.05) is 12.1 Å². The molecule has 1 heterocycles. The van der Waals surface area contributed by atoms with Crippen LogP contribution in [0.15, 0.2) is 24.3 Å². The van der Waals surface area contributed by atoms with Crippen molar-refractivity contribution >= 4 is 10.9 Å². The minimum Gasteiger partial charge on any atom is -0.508 e. The number of rotatable bonds is 3. The SMILES string of the molecule is CC(C)n1c(CON)cc2cc(O)ccc21. The van der Waals surface area contributed by atoms with Gasteiger partial charge in [0.2, 0.25) is 0 Å². The van der Waals surface area contributed by atoms with Crippen molar-refractivity contribution in [1.29, 1.82) is 0 Å². The highest BCUT2D eigenvalue weighted by Crippen LogP contribution is 2.27. The normalized spacial score (nSPS) is 11.5. The van der Waals surface area contributed by atoms with E-state index in [-0.39, 0.29) is 5.75 Å². The van der Waals surface area contributed by atoms with Crippen molar-refractivity contribution in [1.82, 2.24) is 4.57 Å². The molecule has 0 spiro atoms. The first-order valence-corrected chi connectivity index (χ1v) is 5.28. The fourth-order valence-electron chi connectivity index (χ4n) is 2.09. The Kier molecular flexibility index (Phi) is 2.85. The molecule has 0 saturated heterocycles. The average molecular weight is 220 g/mol. The van der Waals surface area contributed by atoms with E-state index in [2.05, 4.69) is 18.4 Å². The van der Waals surface area contributed by atoms with Gasteiger partial charge in [0.1, 0.15) is 12.4 Å². The number of aromatic hydroxyl groups is 1. The van der Waals surface area contributed by atoms with Crippen LogP contribution in [0.3, 0.4) is 0 Å². The van der Waals surface area contributed by atoms with Crippen molar-refractivity contribution in [2.24, 2.45) is 5.90 Å². The molecule has 86 valence electrons. The van der Waals surface area contributed by atoms with Gasteiger partial charge in [-0.25, -0.2) is 5.90 Å². The number of hydrogen-bond donors (Lipinski definition) is 2. The highest BCUT2D eigenvalue weighted by molar-refractivity contribution is 5.83. The Hall–Kier alpha value is -1.52.